The molecule has 0 atom stereocenters. The maximum absolute atomic E-state index is 11.1. The maximum Gasteiger partial charge on any atom is 0.347 e. The number of fused-ring (bicyclic) bond motifs is 1. The van der Waals surface area contributed by atoms with Gasteiger partial charge in [-0.05, 0) is 6.92 Å². The van der Waals surface area contributed by atoms with E-state index in [9.17, 15) is 4.79 Å². The standard InChI is InChI=1S/C7H8N4O/c1-4-6-5(10-9-4)3-8-7(12)11(6)2/h3H,1-2H3,(H,9,10). The molecule has 0 fully saturated rings. The molecular weight excluding hydrogens is 156 g/mol. The molecule has 2 aromatic rings. The molecular formula is C7H8N4O. The summed E-state index contributed by atoms with van der Waals surface area (Å²) in [5.41, 5.74) is 2.16. The van der Waals surface area contributed by atoms with E-state index in [1.165, 1.54) is 10.8 Å². The normalized spacial score (nSPS) is 10.8. The zero-order valence-corrected chi connectivity index (χ0v) is 6.83. The van der Waals surface area contributed by atoms with Crippen molar-refractivity contribution in [1.29, 1.82) is 0 Å². The van der Waals surface area contributed by atoms with Crippen molar-refractivity contribution in [3.63, 3.8) is 0 Å². The van der Waals surface area contributed by atoms with Crippen molar-refractivity contribution in [2.75, 3.05) is 0 Å². The molecule has 0 aliphatic rings. The molecule has 0 aromatic carbocycles. The number of nitrogens with one attached hydrogen (secondary N) is 1. The summed E-state index contributed by atoms with van der Waals surface area (Å²) in [7, 11) is 1.68. The van der Waals surface area contributed by atoms with E-state index < -0.39 is 0 Å². The fourth-order valence-corrected chi connectivity index (χ4v) is 1.25. The summed E-state index contributed by atoms with van der Waals surface area (Å²) in [4.78, 5) is 14.7. The van der Waals surface area contributed by atoms with Crippen molar-refractivity contribution in [1.82, 2.24) is 19.7 Å². The summed E-state index contributed by atoms with van der Waals surface area (Å²) >= 11 is 0. The lowest BCUT2D eigenvalue weighted by atomic mass is 10.4. The van der Waals surface area contributed by atoms with E-state index in [2.05, 4.69) is 15.2 Å². The first-order chi connectivity index (χ1) is 5.70. The molecule has 0 radical (unpaired) electrons. The Morgan fingerprint density at radius 2 is 2.33 bits per heavy atom. The van der Waals surface area contributed by atoms with Gasteiger partial charge in [-0.15, -0.1) is 0 Å². The zero-order chi connectivity index (χ0) is 8.72. The number of H-pyrrole nitrogens is 1. The Bertz CT molecular complexity index is 482. The zero-order valence-electron chi connectivity index (χ0n) is 6.83. The van der Waals surface area contributed by atoms with Gasteiger partial charge in [-0.2, -0.15) is 10.1 Å². The Labute approximate surface area is 68.1 Å². The van der Waals surface area contributed by atoms with Crippen molar-refractivity contribution >= 4 is 11.0 Å². The average molecular weight is 164 g/mol. The van der Waals surface area contributed by atoms with Gasteiger partial charge < -0.3 is 0 Å². The Kier molecular flexibility index (Phi) is 1.27. The Balaban J connectivity index is 3.06. The predicted molar refractivity (Wildman–Crippen MR) is 43.9 cm³/mol. The first kappa shape index (κ1) is 7.02. The molecule has 1 N–H and O–H groups in total. The molecule has 62 valence electrons. The SMILES string of the molecule is Cc1[nH]nc2cnc(=O)n(C)c12. The smallest absolute Gasteiger partial charge is 0.292 e. The van der Waals surface area contributed by atoms with E-state index in [0.29, 0.717) is 0 Å². The Hall–Kier alpha value is -1.65. The van der Waals surface area contributed by atoms with Gasteiger partial charge in [-0.25, -0.2) is 4.79 Å². The second-order valence-corrected chi connectivity index (χ2v) is 2.68. The highest BCUT2D eigenvalue weighted by Gasteiger charge is 2.05. The molecule has 0 saturated carbocycles. The maximum atomic E-state index is 11.1. The number of hydrogen-bond acceptors (Lipinski definition) is 3. The first-order valence-electron chi connectivity index (χ1n) is 3.57. The van der Waals surface area contributed by atoms with Crippen LogP contribution in [0.4, 0.5) is 0 Å². The molecule has 5 heteroatoms. The van der Waals surface area contributed by atoms with E-state index in [-0.39, 0.29) is 5.69 Å². The summed E-state index contributed by atoms with van der Waals surface area (Å²) in [5, 5.41) is 6.77. The van der Waals surface area contributed by atoms with Crippen LogP contribution in [0.25, 0.3) is 11.0 Å². The monoisotopic (exact) mass is 164 g/mol. The van der Waals surface area contributed by atoms with E-state index >= 15 is 0 Å². The third-order valence-electron chi connectivity index (χ3n) is 1.86. The minimum atomic E-state index is -0.257. The summed E-state index contributed by atoms with van der Waals surface area (Å²) < 4.78 is 1.48. The van der Waals surface area contributed by atoms with Gasteiger partial charge >= 0.3 is 5.69 Å². The number of aromatic amines is 1. The summed E-state index contributed by atoms with van der Waals surface area (Å²) in [6, 6.07) is 0. The molecule has 0 aliphatic carbocycles. The lowest BCUT2D eigenvalue weighted by Crippen LogP contribution is -2.19. The van der Waals surface area contributed by atoms with Crippen LogP contribution in [-0.4, -0.2) is 19.7 Å². The van der Waals surface area contributed by atoms with Gasteiger partial charge in [0.1, 0.15) is 5.52 Å². The van der Waals surface area contributed by atoms with E-state index in [1.54, 1.807) is 7.05 Å². The van der Waals surface area contributed by atoms with Crippen molar-refractivity contribution in [3.8, 4) is 0 Å². The van der Waals surface area contributed by atoms with Crippen LogP contribution < -0.4 is 5.69 Å². The van der Waals surface area contributed by atoms with Crippen molar-refractivity contribution in [2.24, 2.45) is 7.05 Å². The number of nitrogens with zero attached hydrogens (tertiary/aromatic N) is 3. The van der Waals surface area contributed by atoms with Crippen LogP contribution in [0.15, 0.2) is 11.0 Å². The number of aryl methyl sites for hydroxylation is 2. The average Bonchev–Trinajstić information content (AvgIpc) is 2.41. The second-order valence-electron chi connectivity index (χ2n) is 2.68. The molecule has 0 spiro atoms. The largest absolute Gasteiger partial charge is 0.347 e. The molecule has 0 unspecified atom stereocenters. The van der Waals surface area contributed by atoms with Crippen LogP contribution >= 0.6 is 0 Å². The van der Waals surface area contributed by atoms with Gasteiger partial charge in [-0.3, -0.25) is 9.67 Å². The lowest BCUT2D eigenvalue weighted by molar-refractivity contribution is 0.850. The van der Waals surface area contributed by atoms with E-state index in [4.69, 9.17) is 0 Å². The number of rotatable bonds is 0. The van der Waals surface area contributed by atoms with Crippen LogP contribution in [-0.2, 0) is 7.05 Å². The predicted octanol–water partition coefficient (Wildman–Crippen LogP) is -0.0350. The van der Waals surface area contributed by atoms with Crippen molar-refractivity contribution in [3.05, 3.63) is 22.4 Å². The third kappa shape index (κ3) is 0.761. The minimum absolute atomic E-state index is 0.257. The summed E-state index contributed by atoms with van der Waals surface area (Å²) in [5.74, 6) is 0. The van der Waals surface area contributed by atoms with Crippen LogP contribution in [0.3, 0.4) is 0 Å². The van der Waals surface area contributed by atoms with Crippen molar-refractivity contribution in [2.45, 2.75) is 6.92 Å². The highest BCUT2D eigenvalue weighted by atomic mass is 16.1. The van der Waals surface area contributed by atoms with E-state index in [1.807, 2.05) is 6.92 Å². The number of aromatic nitrogens is 4. The quantitative estimate of drug-likeness (QED) is 0.594. The van der Waals surface area contributed by atoms with Gasteiger partial charge in [0.2, 0.25) is 0 Å². The van der Waals surface area contributed by atoms with Crippen molar-refractivity contribution < 1.29 is 0 Å². The fourth-order valence-electron chi connectivity index (χ4n) is 1.25. The van der Waals surface area contributed by atoms with Crippen LogP contribution in [0.2, 0.25) is 0 Å². The molecule has 12 heavy (non-hydrogen) atoms. The van der Waals surface area contributed by atoms with Crippen LogP contribution in [0, 0.1) is 6.92 Å². The van der Waals surface area contributed by atoms with E-state index in [0.717, 1.165) is 16.7 Å². The highest BCUT2D eigenvalue weighted by Crippen LogP contribution is 2.09. The molecule has 0 aliphatic heterocycles. The molecule has 0 saturated heterocycles. The molecule has 2 aromatic heterocycles. The number of hydrogen-bond donors (Lipinski definition) is 1. The topological polar surface area (TPSA) is 63.6 Å². The molecule has 0 bridgehead atoms. The lowest BCUT2D eigenvalue weighted by Gasteiger charge is -1.96. The Morgan fingerprint density at radius 1 is 1.58 bits per heavy atom. The van der Waals surface area contributed by atoms with Gasteiger partial charge in [0, 0.05) is 7.05 Å². The summed E-state index contributed by atoms with van der Waals surface area (Å²) in [6.07, 6.45) is 1.47. The van der Waals surface area contributed by atoms with Crippen LogP contribution in [0.5, 0.6) is 0 Å². The fraction of sp³-hybridized carbons (Fsp3) is 0.286. The first-order valence-corrected chi connectivity index (χ1v) is 3.57. The minimum Gasteiger partial charge on any atom is -0.292 e. The van der Waals surface area contributed by atoms with Gasteiger partial charge in [-0.1, -0.05) is 0 Å². The van der Waals surface area contributed by atoms with Crippen LogP contribution in [0.1, 0.15) is 5.69 Å². The molecule has 2 rings (SSSR count). The van der Waals surface area contributed by atoms with Gasteiger partial charge in [0.15, 0.2) is 0 Å². The molecule has 5 nitrogen and oxygen atoms in total. The molecule has 0 amide bonds. The van der Waals surface area contributed by atoms with Gasteiger partial charge in [0.05, 0.1) is 17.4 Å². The molecule has 2 heterocycles. The highest BCUT2D eigenvalue weighted by molar-refractivity contribution is 5.75. The third-order valence-corrected chi connectivity index (χ3v) is 1.86. The second kappa shape index (κ2) is 2.17. The van der Waals surface area contributed by atoms with Gasteiger partial charge in [0.25, 0.3) is 0 Å². The Morgan fingerprint density at radius 3 is 3.08 bits per heavy atom. The summed E-state index contributed by atoms with van der Waals surface area (Å²) in [6.45, 7) is 1.87.